The third-order valence-electron chi connectivity index (χ3n) is 1.82. The Labute approximate surface area is 68.7 Å². The summed E-state index contributed by atoms with van der Waals surface area (Å²) in [6.07, 6.45) is 0. The maximum atomic E-state index is 4.39. The molecule has 1 rings (SSSR count). The molecule has 1 aliphatic heterocycles. The van der Waals surface area contributed by atoms with Crippen LogP contribution < -0.4 is 0 Å². The second-order valence-electron chi connectivity index (χ2n) is 3.30. The van der Waals surface area contributed by atoms with Crippen LogP contribution in [0.2, 0.25) is 0 Å². The topological polar surface area (TPSA) is 18.8 Å². The quantitative estimate of drug-likeness (QED) is 0.517. The fraction of sp³-hybridized carbons (Fsp3) is 0.875. The largest absolute Gasteiger partial charge is 0.303 e. The van der Waals surface area contributed by atoms with Gasteiger partial charge in [0.1, 0.15) is 0 Å². The van der Waals surface area contributed by atoms with Gasteiger partial charge in [0.2, 0.25) is 0 Å². The molecule has 0 aliphatic carbocycles. The number of piperazine rings is 1. The van der Waals surface area contributed by atoms with Gasteiger partial charge in [-0.15, -0.1) is 0 Å². The molecule has 0 unspecified atom stereocenters. The van der Waals surface area contributed by atoms with E-state index in [9.17, 15) is 0 Å². The van der Waals surface area contributed by atoms with E-state index in [1.54, 1.807) is 0 Å². The summed E-state index contributed by atoms with van der Waals surface area (Å²) < 4.78 is 0. The highest BCUT2D eigenvalue weighted by atomic mass is 15.5. The average molecular weight is 155 g/mol. The predicted octanol–water partition coefficient (Wildman–Crippen LogP) is 0.630. The third-order valence-corrected chi connectivity index (χ3v) is 1.82. The monoisotopic (exact) mass is 155 g/mol. The first-order chi connectivity index (χ1) is 5.18. The van der Waals surface area contributed by atoms with E-state index >= 15 is 0 Å². The minimum Gasteiger partial charge on any atom is -0.303 e. The highest BCUT2D eigenvalue weighted by Crippen LogP contribution is 1.99. The Morgan fingerprint density at radius 2 is 1.64 bits per heavy atom. The Bertz CT molecular complexity index is 141. The lowest BCUT2D eigenvalue weighted by Gasteiger charge is -2.30. The number of likely N-dealkylation sites (N-methyl/N-ethyl adjacent to an activating group) is 1. The molecule has 0 aromatic rings. The fourth-order valence-electron chi connectivity index (χ4n) is 1.18. The summed E-state index contributed by atoms with van der Waals surface area (Å²) in [5.41, 5.74) is 1.15. The Kier molecular flexibility index (Phi) is 2.88. The van der Waals surface area contributed by atoms with Crippen molar-refractivity contribution in [2.75, 3.05) is 33.2 Å². The molecule has 1 fully saturated rings. The summed E-state index contributed by atoms with van der Waals surface area (Å²) in [6, 6.07) is 0. The van der Waals surface area contributed by atoms with Crippen LogP contribution in [-0.4, -0.2) is 48.8 Å². The number of hydrazone groups is 1. The van der Waals surface area contributed by atoms with Crippen molar-refractivity contribution in [3.63, 3.8) is 0 Å². The molecular weight excluding hydrogens is 138 g/mol. The second kappa shape index (κ2) is 3.72. The molecule has 0 aromatic carbocycles. The van der Waals surface area contributed by atoms with E-state index in [4.69, 9.17) is 0 Å². The summed E-state index contributed by atoms with van der Waals surface area (Å²) >= 11 is 0. The summed E-state index contributed by atoms with van der Waals surface area (Å²) in [5.74, 6) is 0. The van der Waals surface area contributed by atoms with Gasteiger partial charge in [-0.2, -0.15) is 5.10 Å². The van der Waals surface area contributed by atoms with Gasteiger partial charge < -0.3 is 4.90 Å². The molecule has 11 heavy (non-hydrogen) atoms. The van der Waals surface area contributed by atoms with E-state index in [0.29, 0.717) is 0 Å². The second-order valence-corrected chi connectivity index (χ2v) is 3.30. The van der Waals surface area contributed by atoms with Crippen LogP contribution in [0.15, 0.2) is 5.10 Å². The van der Waals surface area contributed by atoms with Gasteiger partial charge in [-0.05, 0) is 20.9 Å². The molecule has 1 aliphatic rings. The van der Waals surface area contributed by atoms with Gasteiger partial charge in [0.05, 0.1) is 0 Å². The molecule has 0 N–H and O–H groups in total. The molecule has 0 atom stereocenters. The highest BCUT2D eigenvalue weighted by molar-refractivity contribution is 5.78. The van der Waals surface area contributed by atoms with Crippen LogP contribution in [-0.2, 0) is 0 Å². The van der Waals surface area contributed by atoms with Gasteiger partial charge in [0, 0.05) is 31.9 Å². The molecular formula is C8H17N3. The van der Waals surface area contributed by atoms with Crippen molar-refractivity contribution in [1.82, 2.24) is 9.91 Å². The van der Waals surface area contributed by atoms with E-state index < -0.39 is 0 Å². The molecule has 3 nitrogen and oxygen atoms in total. The van der Waals surface area contributed by atoms with Gasteiger partial charge in [0.25, 0.3) is 0 Å². The van der Waals surface area contributed by atoms with Crippen molar-refractivity contribution < 1.29 is 0 Å². The van der Waals surface area contributed by atoms with Crippen LogP contribution in [0.4, 0.5) is 0 Å². The van der Waals surface area contributed by atoms with Gasteiger partial charge >= 0.3 is 0 Å². The Morgan fingerprint density at radius 3 is 2.09 bits per heavy atom. The minimum absolute atomic E-state index is 1.07. The van der Waals surface area contributed by atoms with E-state index in [0.717, 1.165) is 31.9 Å². The van der Waals surface area contributed by atoms with Crippen LogP contribution in [0.25, 0.3) is 0 Å². The first-order valence-electron chi connectivity index (χ1n) is 4.14. The summed E-state index contributed by atoms with van der Waals surface area (Å²) in [6.45, 7) is 8.49. The summed E-state index contributed by atoms with van der Waals surface area (Å²) in [5, 5.41) is 6.54. The molecule has 1 heterocycles. The van der Waals surface area contributed by atoms with Crippen LogP contribution in [0, 0.1) is 0 Å². The molecule has 0 amide bonds. The van der Waals surface area contributed by atoms with Crippen LogP contribution in [0.3, 0.4) is 0 Å². The molecule has 64 valence electrons. The SMILES string of the molecule is CC(C)=NN1CCN(C)CC1. The van der Waals surface area contributed by atoms with E-state index in [-0.39, 0.29) is 0 Å². The van der Waals surface area contributed by atoms with Gasteiger partial charge in [-0.25, -0.2) is 0 Å². The van der Waals surface area contributed by atoms with Crippen molar-refractivity contribution in [1.29, 1.82) is 0 Å². The number of hydrogen-bond acceptors (Lipinski definition) is 3. The van der Waals surface area contributed by atoms with Gasteiger partial charge in [0.15, 0.2) is 0 Å². The lowest BCUT2D eigenvalue weighted by Crippen LogP contribution is -2.42. The first-order valence-corrected chi connectivity index (χ1v) is 4.14. The standard InChI is InChI=1S/C8H17N3/c1-8(2)9-11-6-4-10(3)5-7-11/h4-7H2,1-3H3. The maximum absolute atomic E-state index is 4.39. The average Bonchev–Trinajstić information content (AvgIpc) is 1.93. The van der Waals surface area contributed by atoms with Crippen molar-refractivity contribution >= 4 is 5.71 Å². The van der Waals surface area contributed by atoms with Crippen LogP contribution >= 0.6 is 0 Å². The molecule has 1 saturated heterocycles. The van der Waals surface area contributed by atoms with E-state index in [2.05, 4.69) is 22.1 Å². The molecule has 3 heteroatoms. The maximum Gasteiger partial charge on any atom is 0.0488 e. The zero-order chi connectivity index (χ0) is 8.27. The van der Waals surface area contributed by atoms with Crippen LogP contribution in [0.5, 0.6) is 0 Å². The van der Waals surface area contributed by atoms with Gasteiger partial charge in [-0.1, -0.05) is 0 Å². The summed E-state index contributed by atoms with van der Waals surface area (Å²) in [4.78, 5) is 2.33. The van der Waals surface area contributed by atoms with E-state index in [1.165, 1.54) is 0 Å². The normalized spacial score (nSPS) is 20.1. The fourth-order valence-corrected chi connectivity index (χ4v) is 1.18. The Morgan fingerprint density at radius 1 is 1.09 bits per heavy atom. The number of nitrogens with zero attached hydrogens (tertiary/aromatic N) is 3. The smallest absolute Gasteiger partial charge is 0.0488 e. The van der Waals surface area contributed by atoms with Crippen molar-refractivity contribution in [3.05, 3.63) is 0 Å². The zero-order valence-corrected chi connectivity index (χ0v) is 7.67. The minimum atomic E-state index is 1.07. The van der Waals surface area contributed by atoms with Crippen LogP contribution in [0.1, 0.15) is 13.8 Å². The molecule has 0 bridgehead atoms. The lowest BCUT2D eigenvalue weighted by atomic mass is 10.4. The Hall–Kier alpha value is -0.570. The molecule has 0 saturated carbocycles. The van der Waals surface area contributed by atoms with E-state index in [1.807, 2.05) is 13.8 Å². The van der Waals surface area contributed by atoms with Crippen molar-refractivity contribution in [2.45, 2.75) is 13.8 Å². The summed E-state index contributed by atoms with van der Waals surface area (Å²) in [7, 11) is 2.15. The number of hydrogen-bond donors (Lipinski definition) is 0. The molecule has 0 radical (unpaired) electrons. The number of rotatable bonds is 1. The third kappa shape index (κ3) is 2.89. The Balaban J connectivity index is 2.34. The first kappa shape index (κ1) is 8.53. The van der Waals surface area contributed by atoms with Crippen molar-refractivity contribution in [3.8, 4) is 0 Å². The van der Waals surface area contributed by atoms with Crippen molar-refractivity contribution in [2.24, 2.45) is 5.10 Å². The lowest BCUT2D eigenvalue weighted by molar-refractivity contribution is 0.159. The molecule has 0 spiro atoms. The predicted molar refractivity (Wildman–Crippen MR) is 47.9 cm³/mol. The van der Waals surface area contributed by atoms with Gasteiger partial charge in [-0.3, -0.25) is 5.01 Å². The zero-order valence-electron chi connectivity index (χ0n) is 7.67. The highest BCUT2D eigenvalue weighted by Gasteiger charge is 2.10. The molecule has 0 aromatic heterocycles.